The van der Waals surface area contributed by atoms with Gasteiger partial charge in [-0.1, -0.05) is 31.2 Å². The third kappa shape index (κ3) is 3.17. The zero-order chi connectivity index (χ0) is 16.4. The fourth-order valence-corrected chi connectivity index (χ4v) is 3.49. The van der Waals surface area contributed by atoms with Crippen molar-refractivity contribution < 1.29 is 9.90 Å². The van der Waals surface area contributed by atoms with Crippen LogP contribution in [0.3, 0.4) is 0 Å². The van der Waals surface area contributed by atoms with Gasteiger partial charge in [0.2, 0.25) is 0 Å². The number of carboxylic acid groups (broad SMARTS) is 1. The molecule has 1 atom stereocenters. The molecule has 2 aromatic heterocycles. The van der Waals surface area contributed by atoms with Gasteiger partial charge in [0.15, 0.2) is 5.13 Å². The first kappa shape index (κ1) is 15.4. The first-order valence-electron chi connectivity index (χ1n) is 7.35. The third-order valence-corrected chi connectivity index (χ3v) is 4.94. The number of nitrogens with zero attached hydrogens (tertiary/aromatic N) is 2. The van der Waals surface area contributed by atoms with Crippen LogP contribution in [0.25, 0.3) is 22.3 Å². The summed E-state index contributed by atoms with van der Waals surface area (Å²) in [5.74, 6) is -0.926. The molecule has 0 bridgehead atoms. The number of pyridine rings is 1. The van der Waals surface area contributed by atoms with Crippen LogP contribution < -0.4 is 5.32 Å². The zero-order valence-electron chi connectivity index (χ0n) is 12.9. The van der Waals surface area contributed by atoms with E-state index in [0.29, 0.717) is 0 Å². The molecule has 2 N–H and O–H groups in total. The summed E-state index contributed by atoms with van der Waals surface area (Å²) in [4.78, 5) is 21.2. The van der Waals surface area contributed by atoms with Gasteiger partial charge >= 0.3 is 5.97 Å². The molecule has 0 fully saturated rings. The number of aliphatic carboxylic acids is 1. The third-order valence-electron chi connectivity index (χ3n) is 3.64. The van der Waals surface area contributed by atoms with E-state index in [1.54, 1.807) is 0 Å². The number of rotatable bonds is 5. The average Bonchev–Trinajstić information content (AvgIpc) is 2.98. The minimum Gasteiger partial charge on any atom is -0.481 e. The Balaban J connectivity index is 2.09. The van der Waals surface area contributed by atoms with E-state index in [4.69, 9.17) is 5.11 Å². The molecule has 0 aliphatic rings. The first-order valence-corrected chi connectivity index (χ1v) is 8.16. The molecular weight excluding hydrogens is 310 g/mol. The Bertz CT molecular complexity index is 860. The molecule has 0 radical (unpaired) electrons. The van der Waals surface area contributed by atoms with E-state index in [1.807, 2.05) is 50.4 Å². The maximum Gasteiger partial charge on any atom is 0.303 e. The average molecular weight is 327 g/mol. The van der Waals surface area contributed by atoms with Crippen molar-refractivity contribution in [3.63, 3.8) is 0 Å². The number of anilines is 1. The minimum atomic E-state index is -0.811. The highest BCUT2D eigenvalue weighted by Gasteiger charge is 2.21. The van der Waals surface area contributed by atoms with Gasteiger partial charge in [-0.05, 0) is 12.1 Å². The second-order valence-corrected chi connectivity index (χ2v) is 6.40. The van der Waals surface area contributed by atoms with Crippen LogP contribution in [-0.4, -0.2) is 28.1 Å². The number of nitrogens with one attached hydrogen (secondary N) is 1. The summed E-state index contributed by atoms with van der Waals surface area (Å²) in [6, 6.07) is 11.9. The van der Waals surface area contributed by atoms with Crippen molar-refractivity contribution in [3.05, 3.63) is 41.3 Å². The van der Waals surface area contributed by atoms with Gasteiger partial charge < -0.3 is 10.4 Å². The quantitative estimate of drug-likeness (QED) is 0.741. The SMILES string of the molecule is CNc1nc(-c2ccc3ccccc3n2)c(C(C)CC(=O)O)s1. The highest BCUT2D eigenvalue weighted by molar-refractivity contribution is 7.16. The highest BCUT2D eigenvalue weighted by atomic mass is 32.1. The Hall–Kier alpha value is -2.47. The summed E-state index contributed by atoms with van der Waals surface area (Å²) in [5, 5.41) is 13.9. The largest absolute Gasteiger partial charge is 0.481 e. The second-order valence-electron chi connectivity index (χ2n) is 5.37. The van der Waals surface area contributed by atoms with Gasteiger partial charge in [-0.15, -0.1) is 11.3 Å². The Morgan fingerprint density at radius 3 is 2.78 bits per heavy atom. The first-order chi connectivity index (χ1) is 11.1. The lowest BCUT2D eigenvalue weighted by Gasteiger charge is -2.08. The van der Waals surface area contributed by atoms with Crippen molar-refractivity contribution in [1.82, 2.24) is 9.97 Å². The van der Waals surface area contributed by atoms with Crippen LogP contribution in [0.15, 0.2) is 36.4 Å². The van der Waals surface area contributed by atoms with Gasteiger partial charge in [0, 0.05) is 23.2 Å². The topological polar surface area (TPSA) is 75.1 Å². The van der Waals surface area contributed by atoms with Crippen LogP contribution in [0.4, 0.5) is 5.13 Å². The number of para-hydroxylation sites is 1. The maximum absolute atomic E-state index is 11.0. The van der Waals surface area contributed by atoms with Gasteiger partial charge in [0.05, 0.1) is 17.6 Å². The molecule has 0 saturated heterocycles. The predicted octanol–water partition coefficient (Wildman–Crippen LogP) is 3.98. The van der Waals surface area contributed by atoms with Gasteiger partial charge in [0.25, 0.3) is 0 Å². The Labute approximate surface area is 138 Å². The Morgan fingerprint density at radius 2 is 2.04 bits per heavy atom. The van der Waals surface area contributed by atoms with Crippen LogP contribution >= 0.6 is 11.3 Å². The highest BCUT2D eigenvalue weighted by Crippen LogP contribution is 2.37. The standard InChI is InChI=1S/C17H17N3O2S/c1-10(9-14(21)22)16-15(20-17(18-2)23-16)13-8-7-11-5-3-4-6-12(11)19-13/h3-8,10H,9H2,1-2H3,(H,18,20)(H,21,22). The molecule has 23 heavy (non-hydrogen) atoms. The van der Waals surface area contributed by atoms with E-state index in [-0.39, 0.29) is 12.3 Å². The van der Waals surface area contributed by atoms with Crippen LogP contribution in [0.1, 0.15) is 24.1 Å². The van der Waals surface area contributed by atoms with E-state index in [0.717, 1.165) is 32.3 Å². The predicted molar refractivity (Wildman–Crippen MR) is 93.1 cm³/mol. The van der Waals surface area contributed by atoms with E-state index in [1.165, 1.54) is 11.3 Å². The fraction of sp³-hybridized carbons (Fsp3) is 0.235. The molecule has 2 heterocycles. The Kier molecular flexibility index (Phi) is 4.25. The van der Waals surface area contributed by atoms with Gasteiger partial charge in [-0.3, -0.25) is 4.79 Å². The normalized spacial score (nSPS) is 12.3. The Morgan fingerprint density at radius 1 is 1.26 bits per heavy atom. The molecule has 0 amide bonds. The number of hydrogen-bond donors (Lipinski definition) is 2. The van der Waals surface area contributed by atoms with Crippen molar-refractivity contribution in [1.29, 1.82) is 0 Å². The van der Waals surface area contributed by atoms with Crippen molar-refractivity contribution in [2.24, 2.45) is 0 Å². The molecule has 0 saturated carbocycles. The monoisotopic (exact) mass is 327 g/mol. The number of aromatic nitrogens is 2. The maximum atomic E-state index is 11.0. The number of fused-ring (bicyclic) bond motifs is 1. The molecule has 5 nitrogen and oxygen atoms in total. The lowest BCUT2D eigenvalue weighted by atomic mass is 10.0. The van der Waals surface area contributed by atoms with Crippen LogP contribution in [0.2, 0.25) is 0 Å². The summed E-state index contributed by atoms with van der Waals surface area (Å²) in [6.45, 7) is 1.91. The molecular formula is C17H17N3O2S. The van der Waals surface area contributed by atoms with Gasteiger partial charge in [-0.2, -0.15) is 0 Å². The molecule has 0 aliphatic carbocycles. The van der Waals surface area contributed by atoms with Crippen molar-refractivity contribution in [3.8, 4) is 11.4 Å². The molecule has 3 rings (SSSR count). The van der Waals surface area contributed by atoms with Gasteiger partial charge in [-0.25, -0.2) is 9.97 Å². The van der Waals surface area contributed by atoms with Crippen LogP contribution in [0, 0.1) is 0 Å². The van der Waals surface area contributed by atoms with Crippen molar-refractivity contribution >= 4 is 33.3 Å². The van der Waals surface area contributed by atoms with E-state index >= 15 is 0 Å². The number of carboxylic acids is 1. The van der Waals surface area contributed by atoms with E-state index in [2.05, 4.69) is 15.3 Å². The number of thiazole rings is 1. The second kappa shape index (κ2) is 6.34. The van der Waals surface area contributed by atoms with Crippen molar-refractivity contribution in [2.75, 3.05) is 12.4 Å². The smallest absolute Gasteiger partial charge is 0.303 e. The fourth-order valence-electron chi connectivity index (χ4n) is 2.51. The summed E-state index contributed by atoms with van der Waals surface area (Å²) in [5.41, 5.74) is 2.44. The molecule has 0 spiro atoms. The molecule has 3 aromatic rings. The zero-order valence-corrected chi connectivity index (χ0v) is 13.7. The van der Waals surface area contributed by atoms with Crippen molar-refractivity contribution in [2.45, 2.75) is 19.3 Å². The van der Waals surface area contributed by atoms with E-state index in [9.17, 15) is 4.79 Å². The summed E-state index contributed by atoms with van der Waals surface area (Å²) in [6.07, 6.45) is 0.0753. The summed E-state index contributed by atoms with van der Waals surface area (Å²) in [7, 11) is 1.81. The number of benzene rings is 1. The molecule has 1 aromatic carbocycles. The lowest BCUT2D eigenvalue weighted by molar-refractivity contribution is -0.137. The van der Waals surface area contributed by atoms with E-state index < -0.39 is 5.97 Å². The molecule has 118 valence electrons. The molecule has 0 aliphatic heterocycles. The minimum absolute atomic E-state index is 0.0753. The molecule has 6 heteroatoms. The molecule has 1 unspecified atom stereocenters. The number of hydrogen-bond acceptors (Lipinski definition) is 5. The number of carbonyl (C=O) groups is 1. The summed E-state index contributed by atoms with van der Waals surface area (Å²) >= 11 is 1.48. The summed E-state index contributed by atoms with van der Waals surface area (Å²) < 4.78 is 0. The lowest BCUT2D eigenvalue weighted by Crippen LogP contribution is -2.03. The van der Waals surface area contributed by atoms with Gasteiger partial charge in [0.1, 0.15) is 5.69 Å². The van der Waals surface area contributed by atoms with Crippen LogP contribution in [-0.2, 0) is 4.79 Å². The van der Waals surface area contributed by atoms with Crippen LogP contribution in [0.5, 0.6) is 0 Å².